The van der Waals surface area contributed by atoms with Crippen LogP contribution in [0.4, 0.5) is 13.2 Å². The van der Waals surface area contributed by atoms with Gasteiger partial charge < -0.3 is 19.8 Å². The third-order valence-corrected chi connectivity index (χ3v) is 6.92. The van der Waals surface area contributed by atoms with Crippen molar-refractivity contribution in [1.29, 1.82) is 0 Å². The molecular weight excluding hydrogens is 480 g/mol. The molecule has 1 aromatic rings. The molecule has 1 unspecified atom stereocenters. The van der Waals surface area contributed by atoms with E-state index in [0.29, 0.717) is 24.9 Å². The van der Waals surface area contributed by atoms with E-state index in [4.69, 9.17) is 0 Å². The van der Waals surface area contributed by atoms with Crippen molar-refractivity contribution >= 4 is 24.8 Å². The van der Waals surface area contributed by atoms with Crippen LogP contribution in [-0.4, -0.2) is 76.8 Å². The van der Waals surface area contributed by atoms with Gasteiger partial charge in [-0.2, -0.15) is 0 Å². The van der Waals surface area contributed by atoms with Gasteiger partial charge >= 0.3 is 6.36 Å². The summed E-state index contributed by atoms with van der Waals surface area (Å²) in [6, 6.07) is 6.09. The minimum atomic E-state index is -4.74. The fraction of sp³-hybridized carbons (Fsp3) is 0.739. The monoisotopic (exact) mass is 516 g/mol. The Morgan fingerprint density at radius 1 is 1.03 bits per heavy atom. The molecule has 1 saturated carbocycles. The fourth-order valence-corrected chi connectivity index (χ4v) is 4.92. The van der Waals surface area contributed by atoms with Crippen molar-refractivity contribution in [1.82, 2.24) is 9.80 Å². The summed E-state index contributed by atoms with van der Waals surface area (Å²) in [6.45, 7) is 7.88. The van der Waals surface area contributed by atoms with Crippen molar-refractivity contribution < 1.29 is 28.1 Å². The van der Waals surface area contributed by atoms with E-state index in [1.807, 2.05) is 13.8 Å². The van der Waals surface area contributed by atoms with Gasteiger partial charge in [-0.15, -0.1) is 38.0 Å². The minimum Gasteiger partial charge on any atom is -0.406 e. The number of piperazine rings is 1. The van der Waals surface area contributed by atoms with Crippen LogP contribution in [0.2, 0.25) is 0 Å². The zero-order chi connectivity index (χ0) is 22.7. The Bertz CT molecular complexity index is 723. The van der Waals surface area contributed by atoms with E-state index in [-0.39, 0.29) is 48.6 Å². The third-order valence-electron chi connectivity index (χ3n) is 6.92. The lowest BCUT2D eigenvalue weighted by Crippen LogP contribution is -2.57. The molecule has 33 heavy (non-hydrogen) atoms. The van der Waals surface area contributed by atoms with Gasteiger partial charge in [0.05, 0.1) is 12.2 Å². The number of benzene rings is 1. The summed E-state index contributed by atoms with van der Waals surface area (Å²) in [5, 5.41) is 21.2. The summed E-state index contributed by atoms with van der Waals surface area (Å²) in [6.07, 6.45) is -0.527. The average molecular weight is 517 g/mol. The van der Waals surface area contributed by atoms with Crippen LogP contribution in [-0.2, 0) is 0 Å². The first-order valence-corrected chi connectivity index (χ1v) is 11.2. The molecule has 0 aromatic heterocycles. The maximum absolute atomic E-state index is 12.7. The molecule has 0 amide bonds. The Hall–Kier alpha value is -0.770. The van der Waals surface area contributed by atoms with Gasteiger partial charge in [0.15, 0.2) is 0 Å². The fourth-order valence-electron chi connectivity index (χ4n) is 4.92. The molecule has 192 valence electrons. The van der Waals surface area contributed by atoms with E-state index < -0.39 is 12.0 Å². The molecule has 0 radical (unpaired) electrons. The molecular formula is C23H37Cl2F3N2O3. The Morgan fingerprint density at radius 2 is 1.64 bits per heavy atom. The number of halogens is 5. The molecule has 2 aliphatic rings. The van der Waals surface area contributed by atoms with Crippen molar-refractivity contribution in [2.75, 3.05) is 39.3 Å². The highest BCUT2D eigenvalue weighted by molar-refractivity contribution is 5.85. The first kappa shape index (κ1) is 30.3. The second-order valence-corrected chi connectivity index (χ2v) is 9.60. The van der Waals surface area contributed by atoms with Gasteiger partial charge in [-0.25, -0.2) is 0 Å². The molecule has 0 spiro atoms. The van der Waals surface area contributed by atoms with Crippen LogP contribution in [0, 0.1) is 0 Å². The topological polar surface area (TPSA) is 56.2 Å². The second kappa shape index (κ2) is 12.3. The highest BCUT2D eigenvalue weighted by atomic mass is 35.5. The van der Waals surface area contributed by atoms with E-state index in [9.17, 15) is 23.4 Å². The molecule has 0 bridgehead atoms. The van der Waals surface area contributed by atoms with Gasteiger partial charge in [-0.3, -0.25) is 4.90 Å². The van der Waals surface area contributed by atoms with Gasteiger partial charge in [0, 0.05) is 44.2 Å². The predicted octanol–water partition coefficient (Wildman–Crippen LogP) is 4.60. The van der Waals surface area contributed by atoms with Crippen LogP contribution in [0.5, 0.6) is 5.75 Å². The quantitative estimate of drug-likeness (QED) is 0.554. The molecule has 2 N–H and O–H groups in total. The lowest BCUT2D eigenvalue weighted by atomic mass is 9.72. The van der Waals surface area contributed by atoms with Crippen LogP contribution in [0.25, 0.3) is 0 Å². The smallest absolute Gasteiger partial charge is 0.406 e. The molecule has 1 heterocycles. The van der Waals surface area contributed by atoms with Crippen molar-refractivity contribution in [2.45, 2.75) is 69.4 Å². The molecule has 1 aliphatic carbocycles. The lowest BCUT2D eigenvalue weighted by Gasteiger charge is -2.46. The highest BCUT2D eigenvalue weighted by Gasteiger charge is 2.41. The first-order chi connectivity index (χ1) is 14.5. The Labute approximate surface area is 207 Å². The number of alkyl halides is 3. The zero-order valence-electron chi connectivity index (χ0n) is 19.3. The molecule has 1 aliphatic heterocycles. The van der Waals surface area contributed by atoms with Crippen LogP contribution in [0.15, 0.2) is 24.3 Å². The summed E-state index contributed by atoms with van der Waals surface area (Å²) in [5.74, 6) is -0.536. The Morgan fingerprint density at radius 3 is 2.18 bits per heavy atom. The van der Waals surface area contributed by atoms with Crippen LogP contribution in [0.1, 0.15) is 57.4 Å². The van der Waals surface area contributed by atoms with E-state index in [1.54, 1.807) is 12.1 Å². The normalized spacial score (nSPS) is 20.9. The maximum atomic E-state index is 12.7. The lowest BCUT2D eigenvalue weighted by molar-refractivity contribution is -0.274. The number of aliphatic hydroxyl groups is 2. The molecule has 1 aromatic carbocycles. The number of nitrogens with zero attached hydrogens (tertiary/aromatic N) is 2. The summed E-state index contributed by atoms with van der Waals surface area (Å²) in [5.41, 5.74) is -0.531. The molecule has 3 rings (SSSR count). The van der Waals surface area contributed by atoms with Gasteiger partial charge in [0.25, 0.3) is 0 Å². The number of aliphatic hydroxyl groups excluding tert-OH is 1. The number of ether oxygens (including phenoxy) is 1. The SMILES string of the molecule is CC(C)(CO)N1CCN(CC(c2cccc(OC(F)(F)F)c2)C2(O)CCCCC2)CC1.Cl.Cl. The van der Waals surface area contributed by atoms with Crippen LogP contribution >= 0.6 is 24.8 Å². The van der Waals surface area contributed by atoms with Gasteiger partial charge in [0.1, 0.15) is 5.75 Å². The van der Waals surface area contributed by atoms with Crippen molar-refractivity contribution in [3.05, 3.63) is 29.8 Å². The predicted molar refractivity (Wildman–Crippen MR) is 128 cm³/mol. The molecule has 10 heteroatoms. The zero-order valence-corrected chi connectivity index (χ0v) is 20.9. The summed E-state index contributed by atoms with van der Waals surface area (Å²) < 4.78 is 42.4. The van der Waals surface area contributed by atoms with E-state index in [2.05, 4.69) is 14.5 Å². The second-order valence-electron chi connectivity index (χ2n) is 9.60. The largest absolute Gasteiger partial charge is 0.573 e. The van der Waals surface area contributed by atoms with Crippen LogP contribution in [0.3, 0.4) is 0 Å². The summed E-state index contributed by atoms with van der Waals surface area (Å²) in [4.78, 5) is 4.53. The molecule has 1 saturated heterocycles. The summed E-state index contributed by atoms with van der Waals surface area (Å²) >= 11 is 0. The molecule has 5 nitrogen and oxygen atoms in total. The third kappa shape index (κ3) is 8.15. The molecule has 1 atom stereocenters. The summed E-state index contributed by atoms with van der Waals surface area (Å²) in [7, 11) is 0. The van der Waals surface area contributed by atoms with Crippen LogP contribution < -0.4 is 4.74 Å². The number of hydrogen-bond acceptors (Lipinski definition) is 5. The Balaban J connectivity index is 0.00000272. The highest BCUT2D eigenvalue weighted by Crippen LogP contribution is 2.41. The van der Waals surface area contributed by atoms with Crippen molar-refractivity contribution in [3.63, 3.8) is 0 Å². The number of hydrogen-bond donors (Lipinski definition) is 2. The first-order valence-electron chi connectivity index (χ1n) is 11.2. The van der Waals surface area contributed by atoms with Crippen molar-refractivity contribution in [2.24, 2.45) is 0 Å². The van der Waals surface area contributed by atoms with Gasteiger partial charge in [0.2, 0.25) is 0 Å². The maximum Gasteiger partial charge on any atom is 0.573 e. The van der Waals surface area contributed by atoms with Gasteiger partial charge in [-0.1, -0.05) is 31.4 Å². The minimum absolute atomic E-state index is 0. The van der Waals surface area contributed by atoms with E-state index in [1.165, 1.54) is 12.1 Å². The molecule has 2 fully saturated rings. The van der Waals surface area contributed by atoms with Crippen molar-refractivity contribution in [3.8, 4) is 5.75 Å². The number of rotatable bonds is 7. The van der Waals surface area contributed by atoms with Gasteiger partial charge in [-0.05, 0) is 44.4 Å². The Kier molecular flexibility index (Phi) is 11.3. The standard InChI is InChI=1S/C23H35F3N2O3.2ClH/c1-21(2,17-29)28-13-11-27(12-14-28)16-20(22(30)9-4-3-5-10-22)18-7-6-8-19(15-18)31-23(24,25)26;;/h6-8,15,20,29-30H,3-5,9-14,16-17H2,1-2H3;2*1H. The van der Waals surface area contributed by atoms with E-state index in [0.717, 1.165) is 45.4 Å². The average Bonchev–Trinajstić information content (AvgIpc) is 2.72. The van der Waals surface area contributed by atoms with E-state index >= 15 is 0 Å².